The van der Waals surface area contributed by atoms with E-state index in [0.29, 0.717) is 36.0 Å². The number of hydrogen-bond acceptors (Lipinski definition) is 4. The predicted molar refractivity (Wildman–Crippen MR) is 107 cm³/mol. The lowest BCUT2D eigenvalue weighted by atomic mass is 10.1. The number of nitrogens with one attached hydrogen (secondary N) is 1. The molecule has 1 aliphatic rings. The summed E-state index contributed by atoms with van der Waals surface area (Å²) in [6.45, 7) is 4.75. The lowest BCUT2D eigenvalue weighted by Gasteiger charge is -2.13. The van der Waals surface area contributed by atoms with Gasteiger partial charge < -0.3 is 14.8 Å². The molecule has 0 unspecified atom stereocenters. The standard InChI is InChI=1S/C20H19BrN2O4/c1-3-26-17-12-18(27-4-2)15(21)10-13(17)11-16-19(24)23(20(25)22-16)14-8-6-5-7-9-14/h5-12H,3-4H2,1-2H3,(H,22,25). The van der Waals surface area contributed by atoms with Crippen LogP contribution in [-0.2, 0) is 4.79 Å². The van der Waals surface area contributed by atoms with Crippen LogP contribution in [0, 0.1) is 0 Å². The van der Waals surface area contributed by atoms with Crippen molar-refractivity contribution in [3.8, 4) is 11.5 Å². The molecule has 0 bridgehead atoms. The molecule has 0 atom stereocenters. The summed E-state index contributed by atoms with van der Waals surface area (Å²) >= 11 is 3.47. The van der Waals surface area contributed by atoms with Crippen LogP contribution < -0.4 is 19.7 Å². The zero-order valence-corrected chi connectivity index (χ0v) is 16.6. The van der Waals surface area contributed by atoms with Gasteiger partial charge in [-0.05, 0) is 54.1 Å². The number of halogens is 1. The Morgan fingerprint density at radius 2 is 1.70 bits per heavy atom. The molecule has 0 saturated carbocycles. The summed E-state index contributed by atoms with van der Waals surface area (Å²) in [6, 6.07) is 11.9. The van der Waals surface area contributed by atoms with Crippen LogP contribution >= 0.6 is 15.9 Å². The first kappa shape index (κ1) is 19.0. The lowest BCUT2D eigenvalue weighted by molar-refractivity contribution is -0.113. The molecule has 3 rings (SSSR count). The summed E-state index contributed by atoms with van der Waals surface area (Å²) in [5.74, 6) is 0.798. The minimum absolute atomic E-state index is 0.181. The van der Waals surface area contributed by atoms with E-state index in [4.69, 9.17) is 9.47 Å². The molecule has 1 saturated heterocycles. The normalized spacial score (nSPS) is 15.2. The van der Waals surface area contributed by atoms with Crippen molar-refractivity contribution in [2.45, 2.75) is 13.8 Å². The highest BCUT2D eigenvalue weighted by molar-refractivity contribution is 9.10. The number of anilines is 1. The molecule has 3 amide bonds. The van der Waals surface area contributed by atoms with Crippen LogP contribution in [0.3, 0.4) is 0 Å². The minimum Gasteiger partial charge on any atom is -0.493 e. The van der Waals surface area contributed by atoms with Gasteiger partial charge in [-0.25, -0.2) is 9.69 Å². The van der Waals surface area contributed by atoms with E-state index in [1.165, 1.54) is 0 Å². The van der Waals surface area contributed by atoms with Crippen LogP contribution in [0.2, 0.25) is 0 Å². The van der Waals surface area contributed by atoms with Crippen molar-refractivity contribution in [1.29, 1.82) is 0 Å². The van der Waals surface area contributed by atoms with Gasteiger partial charge in [0.2, 0.25) is 0 Å². The summed E-state index contributed by atoms with van der Waals surface area (Å²) in [5, 5.41) is 2.63. The number of hydrogen-bond donors (Lipinski definition) is 1. The fraction of sp³-hybridized carbons (Fsp3) is 0.200. The first-order chi connectivity index (χ1) is 13.0. The first-order valence-electron chi connectivity index (χ1n) is 8.56. The molecule has 1 fully saturated rings. The number of carbonyl (C=O) groups excluding carboxylic acids is 2. The molecule has 2 aromatic carbocycles. The second-order valence-corrected chi connectivity index (χ2v) is 6.51. The van der Waals surface area contributed by atoms with Gasteiger partial charge in [-0.15, -0.1) is 0 Å². The third kappa shape index (κ3) is 3.98. The Morgan fingerprint density at radius 1 is 1.04 bits per heavy atom. The first-order valence-corrected chi connectivity index (χ1v) is 9.35. The molecule has 2 aromatic rings. The molecule has 140 valence electrons. The zero-order chi connectivity index (χ0) is 19.4. The van der Waals surface area contributed by atoms with Gasteiger partial charge in [-0.2, -0.15) is 0 Å². The van der Waals surface area contributed by atoms with Gasteiger partial charge in [0.15, 0.2) is 0 Å². The molecule has 0 aromatic heterocycles. The third-order valence-electron chi connectivity index (χ3n) is 3.86. The van der Waals surface area contributed by atoms with Crippen LogP contribution in [0.15, 0.2) is 52.6 Å². The molecule has 0 spiro atoms. The number of ether oxygens (including phenoxy) is 2. The second kappa shape index (κ2) is 8.26. The van der Waals surface area contributed by atoms with Gasteiger partial charge in [-0.3, -0.25) is 4.79 Å². The van der Waals surface area contributed by atoms with Crippen molar-refractivity contribution >= 4 is 39.6 Å². The Morgan fingerprint density at radius 3 is 2.37 bits per heavy atom. The van der Waals surface area contributed by atoms with Crippen LogP contribution in [0.5, 0.6) is 11.5 Å². The van der Waals surface area contributed by atoms with Crippen molar-refractivity contribution < 1.29 is 19.1 Å². The fourth-order valence-electron chi connectivity index (χ4n) is 2.71. The Kier molecular flexibility index (Phi) is 5.81. The summed E-state index contributed by atoms with van der Waals surface area (Å²) in [7, 11) is 0. The van der Waals surface area contributed by atoms with E-state index in [9.17, 15) is 9.59 Å². The van der Waals surface area contributed by atoms with Crippen LogP contribution in [-0.4, -0.2) is 25.2 Å². The van der Waals surface area contributed by atoms with E-state index >= 15 is 0 Å². The van der Waals surface area contributed by atoms with Crippen LogP contribution in [0.25, 0.3) is 6.08 Å². The molecular formula is C20H19BrN2O4. The molecular weight excluding hydrogens is 412 g/mol. The number of urea groups is 1. The van der Waals surface area contributed by atoms with E-state index in [2.05, 4.69) is 21.2 Å². The molecule has 0 aliphatic carbocycles. The quantitative estimate of drug-likeness (QED) is 0.546. The average molecular weight is 431 g/mol. The summed E-state index contributed by atoms with van der Waals surface area (Å²) in [6.07, 6.45) is 1.61. The highest BCUT2D eigenvalue weighted by atomic mass is 79.9. The highest BCUT2D eigenvalue weighted by Gasteiger charge is 2.35. The van der Waals surface area contributed by atoms with Gasteiger partial charge in [0.25, 0.3) is 5.91 Å². The Hall–Kier alpha value is -2.80. The van der Waals surface area contributed by atoms with Crippen molar-refractivity contribution in [1.82, 2.24) is 5.32 Å². The maximum atomic E-state index is 12.7. The largest absolute Gasteiger partial charge is 0.493 e. The van der Waals surface area contributed by atoms with E-state index in [1.807, 2.05) is 19.9 Å². The van der Waals surface area contributed by atoms with Gasteiger partial charge in [0.1, 0.15) is 17.2 Å². The summed E-state index contributed by atoms with van der Waals surface area (Å²) < 4.78 is 12.0. The summed E-state index contributed by atoms with van der Waals surface area (Å²) in [5.41, 5.74) is 1.35. The highest BCUT2D eigenvalue weighted by Crippen LogP contribution is 2.35. The van der Waals surface area contributed by atoms with E-state index < -0.39 is 11.9 Å². The maximum Gasteiger partial charge on any atom is 0.333 e. The van der Waals surface area contributed by atoms with E-state index in [1.54, 1.807) is 42.5 Å². The molecule has 6 nitrogen and oxygen atoms in total. The SMILES string of the molecule is CCOc1cc(OCC)c(C=C2NC(=O)N(c3ccccc3)C2=O)cc1Br. The zero-order valence-electron chi connectivity index (χ0n) is 15.0. The molecule has 7 heteroatoms. The number of benzene rings is 2. The molecule has 0 radical (unpaired) electrons. The number of rotatable bonds is 6. The third-order valence-corrected chi connectivity index (χ3v) is 4.48. The predicted octanol–water partition coefficient (Wildman–Crippen LogP) is 4.34. The summed E-state index contributed by atoms with van der Waals surface area (Å²) in [4.78, 5) is 26.1. The van der Waals surface area contributed by atoms with Crippen molar-refractivity contribution in [3.05, 3.63) is 58.2 Å². The van der Waals surface area contributed by atoms with Crippen molar-refractivity contribution in [2.75, 3.05) is 18.1 Å². The van der Waals surface area contributed by atoms with Gasteiger partial charge in [0.05, 0.1) is 23.4 Å². The van der Waals surface area contributed by atoms with E-state index in [-0.39, 0.29) is 5.70 Å². The number of imide groups is 1. The number of amides is 3. The second-order valence-electron chi connectivity index (χ2n) is 5.65. The fourth-order valence-corrected chi connectivity index (χ4v) is 3.19. The minimum atomic E-state index is -0.486. The van der Waals surface area contributed by atoms with Gasteiger partial charge in [-0.1, -0.05) is 18.2 Å². The Bertz CT molecular complexity index is 896. The van der Waals surface area contributed by atoms with Crippen LogP contribution in [0.1, 0.15) is 19.4 Å². The van der Waals surface area contributed by atoms with Crippen LogP contribution in [0.4, 0.5) is 10.5 Å². The molecule has 1 heterocycles. The number of para-hydroxylation sites is 1. The van der Waals surface area contributed by atoms with Crippen molar-refractivity contribution in [3.63, 3.8) is 0 Å². The van der Waals surface area contributed by atoms with Gasteiger partial charge >= 0.3 is 6.03 Å². The number of carbonyl (C=O) groups is 2. The smallest absolute Gasteiger partial charge is 0.333 e. The monoisotopic (exact) mass is 430 g/mol. The lowest BCUT2D eigenvalue weighted by Crippen LogP contribution is -2.30. The number of nitrogens with zero attached hydrogens (tertiary/aromatic N) is 1. The van der Waals surface area contributed by atoms with Crippen molar-refractivity contribution in [2.24, 2.45) is 0 Å². The molecule has 27 heavy (non-hydrogen) atoms. The Labute approximate surface area is 165 Å². The maximum absolute atomic E-state index is 12.7. The Balaban J connectivity index is 1.98. The topological polar surface area (TPSA) is 67.9 Å². The molecule has 1 aliphatic heterocycles. The average Bonchev–Trinajstić information content (AvgIpc) is 2.93. The van der Waals surface area contributed by atoms with E-state index in [0.717, 1.165) is 9.37 Å². The molecule has 1 N–H and O–H groups in total. The van der Waals surface area contributed by atoms with Gasteiger partial charge in [0, 0.05) is 11.6 Å².